The number of aromatic nitrogens is 2. The summed E-state index contributed by atoms with van der Waals surface area (Å²) >= 11 is 0. The molecule has 132 valence electrons. The predicted octanol–water partition coefficient (Wildman–Crippen LogP) is -0.207. The summed E-state index contributed by atoms with van der Waals surface area (Å²) in [5.74, 6) is 0.552. The van der Waals surface area contributed by atoms with Crippen molar-refractivity contribution in [2.24, 2.45) is 0 Å². The van der Waals surface area contributed by atoms with Crippen molar-refractivity contribution in [3.63, 3.8) is 0 Å². The van der Waals surface area contributed by atoms with E-state index >= 15 is 0 Å². The van der Waals surface area contributed by atoms with Gasteiger partial charge in [-0.3, -0.25) is 14.6 Å². The third kappa shape index (κ3) is 4.49. The van der Waals surface area contributed by atoms with Crippen LogP contribution in [0, 0.1) is 0 Å². The van der Waals surface area contributed by atoms with Crippen LogP contribution < -0.4 is 0 Å². The van der Waals surface area contributed by atoms with Crippen LogP contribution in [-0.2, 0) is 4.79 Å². The van der Waals surface area contributed by atoms with Gasteiger partial charge in [-0.25, -0.2) is 9.97 Å². The molecule has 1 atom stereocenters. The Bertz CT molecular complexity index is 519. The van der Waals surface area contributed by atoms with Crippen molar-refractivity contribution in [1.29, 1.82) is 0 Å². The first kappa shape index (κ1) is 17.3. The van der Waals surface area contributed by atoms with Gasteiger partial charge < -0.3 is 10.0 Å². The minimum Gasteiger partial charge on any atom is -0.395 e. The SMILES string of the molecule is O=C(CN1CCN(CCO)CC1)N1CCC[C@@H](c2ccncn2)C1. The van der Waals surface area contributed by atoms with Gasteiger partial charge >= 0.3 is 0 Å². The molecule has 0 unspecified atom stereocenters. The zero-order valence-corrected chi connectivity index (χ0v) is 14.2. The largest absolute Gasteiger partial charge is 0.395 e. The van der Waals surface area contributed by atoms with Gasteiger partial charge in [-0.15, -0.1) is 0 Å². The molecular weight excluding hydrogens is 306 g/mol. The highest BCUT2D eigenvalue weighted by molar-refractivity contribution is 5.78. The number of likely N-dealkylation sites (tertiary alicyclic amines) is 1. The van der Waals surface area contributed by atoms with Crippen LogP contribution in [0.15, 0.2) is 18.6 Å². The van der Waals surface area contributed by atoms with Gasteiger partial charge in [-0.1, -0.05) is 0 Å². The summed E-state index contributed by atoms with van der Waals surface area (Å²) in [6.07, 6.45) is 5.47. The smallest absolute Gasteiger partial charge is 0.236 e. The van der Waals surface area contributed by atoms with Crippen LogP contribution in [-0.4, -0.2) is 94.6 Å². The van der Waals surface area contributed by atoms with Gasteiger partial charge in [0.25, 0.3) is 0 Å². The Morgan fingerprint density at radius 1 is 1.21 bits per heavy atom. The third-order valence-corrected chi connectivity index (χ3v) is 5.04. The Labute approximate surface area is 143 Å². The fourth-order valence-electron chi connectivity index (χ4n) is 3.59. The lowest BCUT2D eigenvalue weighted by molar-refractivity contribution is -0.134. The summed E-state index contributed by atoms with van der Waals surface area (Å²) in [5.41, 5.74) is 1.04. The van der Waals surface area contributed by atoms with Crippen molar-refractivity contribution in [2.45, 2.75) is 18.8 Å². The summed E-state index contributed by atoms with van der Waals surface area (Å²) in [6.45, 7) is 6.71. The normalized spacial score (nSPS) is 23.4. The van der Waals surface area contributed by atoms with Gasteiger partial charge in [0.15, 0.2) is 0 Å². The topological polar surface area (TPSA) is 72.8 Å². The molecule has 24 heavy (non-hydrogen) atoms. The van der Waals surface area contributed by atoms with E-state index in [4.69, 9.17) is 5.11 Å². The van der Waals surface area contributed by atoms with Gasteiger partial charge in [-0.2, -0.15) is 0 Å². The van der Waals surface area contributed by atoms with E-state index < -0.39 is 0 Å². The van der Waals surface area contributed by atoms with Gasteiger partial charge in [0.2, 0.25) is 5.91 Å². The maximum Gasteiger partial charge on any atom is 0.236 e. The summed E-state index contributed by atoms with van der Waals surface area (Å²) in [6, 6.07) is 1.96. The molecule has 1 N–H and O–H groups in total. The molecule has 0 aliphatic carbocycles. The van der Waals surface area contributed by atoms with Crippen LogP contribution in [0.5, 0.6) is 0 Å². The van der Waals surface area contributed by atoms with Crippen molar-refractivity contribution < 1.29 is 9.90 Å². The van der Waals surface area contributed by atoms with E-state index in [2.05, 4.69) is 19.8 Å². The van der Waals surface area contributed by atoms with Crippen LogP contribution in [0.4, 0.5) is 0 Å². The van der Waals surface area contributed by atoms with E-state index in [9.17, 15) is 4.79 Å². The van der Waals surface area contributed by atoms with Crippen LogP contribution in [0.3, 0.4) is 0 Å². The van der Waals surface area contributed by atoms with Crippen LogP contribution in [0.25, 0.3) is 0 Å². The molecule has 2 saturated heterocycles. The number of β-amino-alcohol motifs (C(OH)–C–C–N with tert-alkyl or cyclic N) is 1. The molecule has 7 heteroatoms. The number of nitrogens with zero attached hydrogens (tertiary/aromatic N) is 5. The first-order chi connectivity index (χ1) is 11.8. The molecule has 3 heterocycles. The number of hydrogen-bond donors (Lipinski definition) is 1. The molecule has 3 rings (SSSR count). The van der Waals surface area contributed by atoms with E-state index in [-0.39, 0.29) is 12.5 Å². The second-order valence-electron chi connectivity index (χ2n) is 6.65. The number of aliphatic hydroxyl groups excluding tert-OH is 1. The molecule has 1 aromatic rings. The number of aliphatic hydroxyl groups is 1. The Morgan fingerprint density at radius 2 is 2.00 bits per heavy atom. The highest BCUT2D eigenvalue weighted by Gasteiger charge is 2.27. The summed E-state index contributed by atoms with van der Waals surface area (Å²) in [5, 5.41) is 8.99. The van der Waals surface area contributed by atoms with E-state index in [0.717, 1.165) is 64.3 Å². The van der Waals surface area contributed by atoms with E-state index in [1.165, 1.54) is 0 Å². The number of carbonyl (C=O) groups excluding carboxylic acids is 1. The predicted molar refractivity (Wildman–Crippen MR) is 90.6 cm³/mol. The molecule has 0 radical (unpaired) electrons. The lowest BCUT2D eigenvalue weighted by Gasteiger charge is -2.37. The van der Waals surface area contributed by atoms with Crippen LogP contribution in [0.1, 0.15) is 24.5 Å². The standard InChI is InChI=1S/C17H27N5O2/c23-11-10-20-6-8-21(9-7-20)13-17(24)22-5-1-2-15(12-22)16-3-4-18-14-19-16/h3-4,14-15,23H,1-2,5-13H2/t15-/m1/s1. The quantitative estimate of drug-likeness (QED) is 0.804. The molecule has 1 aromatic heterocycles. The molecule has 1 amide bonds. The molecule has 2 aliphatic rings. The maximum absolute atomic E-state index is 12.6. The fourth-order valence-corrected chi connectivity index (χ4v) is 3.59. The molecule has 0 bridgehead atoms. The number of rotatable bonds is 5. The molecule has 0 spiro atoms. The van der Waals surface area contributed by atoms with Crippen molar-refractivity contribution in [2.75, 3.05) is 59.0 Å². The maximum atomic E-state index is 12.6. The lowest BCUT2D eigenvalue weighted by Crippen LogP contribution is -2.51. The molecule has 7 nitrogen and oxygen atoms in total. The Morgan fingerprint density at radius 3 is 2.71 bits per heavy atom. The first-order valence-corrected chi connectivity index (χ1v) is 8.85. The highest BCUT2D eigenvalue weighted by Crippen LogP contribution is 2.25. The van der Waals surface area contributed by atoms with Crippen LogP contribution >= 0.6 is 0 Å². The average Bonchev–Trinajstić information content (AvgIpc) is 2.64. The summed E-state index contributed by atoms with van der Waals surface area (Å²) in [7, 11) is 0. The Kier molecular flexibility index (Phi) is 6.12. The molecule has 0 saturated carbocycles. The molecule has 2 aliphatic heterocycles. The molecular formula is C17H27N5O2. The zero-order valence-electron chi connectivity index (χ0n) is 14.2. The third-order valence-electron chi connectivity index (χ3n) is 5.04. The second-order valence-corrected chi connectivity index (χ2v) is 6.65. The fraction of sp³-hybridized carbons (Fsp3) is 0.706. The van der Waals surface area contributed by atoms with E-state index in [0.29, 0.717) is 12.5 Å². The van der Waals surface area contributed by atoms with Crippen LogP contribution in [0.2, 0.25) is 0 Å². The van der Waals surface area contributed by atoms with Crippen molar-refractivity contribution in [1.82, 2.24) is 24.7 Å². The highest BCUT2D eigenvalue weighted by atomic mass is 16.3. The number of carbonyl (C=O) groups is 1. The van der Waals surface area contributed by atoms with Crippen molar-refractivity contribution in [3.8, 4) is 0 Å². The van der Waals surface area contributed by atoms with E-state index in [1.807, 2.05) is 11.0 Å². The minimum atomic E-state index is 0.205. The molecule has 2 fully saturated rings. The zero-order chi connectivity index (χ0) is 16.8. The Balaban J connectivity index is 1.48. The average molecular weight is 333 g/mol. The first-order valence-electron chi connectivity index (χ1n) is 8.85. The van der Waals surface area contributed by atoms with Gasteiger partial charge in [-0.05, 0) is 18.9 Å². The number of piperidine rings is 1. The lowest BCUT2D eigenvalue weighted by atomic mass is 9.94. The summed E-state index contributed by atoms with van der Waals surface area (Å²) < 4.78 is 0. The number of piperazine rings is 1. The monoisotopic (exact) mass is 333 g/mol. The number of amides is 1. The van der Waals surface area contributed by atoms with E-state index in [1.54, 1.807) is 12.5 Å². The van der Waals surface area contributed by atoms with Gasteiger partial charge in [0, 0.05) is 63.6 Å². The minimum absolute atomic E-state index is 0.205. The second kappa shape index (κ2) is 8.50. The molecule has 0 aromatic carbocycles. The van der Waals surface area contributed by atoms with Gasteiger partial charge in [0.05, 0.1) is 13.2 Å². The van der Waals surface area contributed by atoms with Crippen molar-refractivity contribution in [3.05, 3.63) is 24.3 Å². The van der Waals surface area contributed by atoms with Gasteiger partial charge in [0.1, 0.15) is 6.33 Å². The van der Waals surface area contributed by atoms with Crippen molar-refractivity contribution >= 4 is 5.91 Å². The Hall–Kier alpha value is -1.57. The summed E-state index contributed by atoms with van der Waals surface area (Å²) in [4.78, 5) is 27.4. The number of hydrogen-bond acceptors (Lipinski definition) is 6.